The minimum absolute atomic E-state index is 0.801. The van der Waals surface area contributed by atoms with Gasteiger partial charge in [-0.1, -0.05) is 30.2 Å². The molecule has 72 valence electrons. The smallest absolute Gasteiger partial charge is 0.0191 e. The predicted molar refractivity (Wildman–Crippen MR) is 57.6 cm³/mol. The summed E-state index contributed by atoms with van der Waals surface area (Å²) in [5.41, 5.74) is 3.34. The van der Waals surface area contributed by atoms with Crippen molar-refractivity contribution in [2.75, 3.05) is 0 Å². The van der Waals surface area contributed by atoms with Crippen LogP contribution in [-0.2, 0) is 0 Å². The summed E-state index contributed by atoms with van der Waals surface area (Å²) in [6.07, 6.45) is 11.8. The van der Waals surface area contributed by atoms with E-state index in [9.17, 15) is 0 Å². The van der Waals surface area contributed by atoms with Crippen LogP contribution in [0, 0.1) is 11.8 Å². The van der Waals surface area contributed by atoms with Crippen LogP contribution in [0.15, 0.2) is 23.3 Å². The maximum atomic E-state index is 2.53. The Morgan fingerprint density at radius 3 is 2.85 bits per heavy atom. The molecule has 2 unspecified atom stereocenters. The Balaban J connectivity index is 2.18. The van der Waals surface area contributed by atoms with Crippen LogP contribution in [-0.4, -0.2) is 0 Å². The van der Waals surface area contributed by atoms with E-state index in [0.29, 0.717) is 0 Å². The monoisotopic (exact) mass is 176 g/mol. The van der Waals surface area contributed by atoms with Crippen molar-refractivity contribution >= 4 is 0 Å². The highest BCUT2D eigenvalue weighted by molar-refractivity contribution is 5.16. The van der Waals surface area contributed by atoms with Gasteiger partial charge in [-0.05, 0) is 50.9 Å². The van der Waals surface area contributed by atoms with E-state index in [1.54, 1.807) is 11.1 Å². The number of allylic oxidation sites excluding steroid dienone is 4. The van der Waals surface area contributed by atoms with Gasteiger partial charge in [0.25, 0.3) is 0 Å². The molecule has 0 amide bonds. The summed E-state index contributed by atoms with van der Waals surface area (Å²) in [6, 6.07) is 0. The van der Waals surface area contributed by atoms with Gasteiger partial charge in [0.2, 0.25) is 0 Å². The molecule has 0 spiro atoms. The third-order valence-corrected chi connectivity index (χ3v) is 3.40. The van der Waals surface area contributed by atoms with Gasteiger partial charge < -0.3 is 0 Å². The molecule has 0 saturated heterocycles. The van der Waals surface area contributed by atoms with Gasteiger partial charge in [0.1, 0.15) is 0 Å². The fraction of sp³-hybridized carbons (Fsp3) is 0.692. The van der Waals surface area contributed by atoms with Gasteiger partial charge in [-0.15, -0.1) is 0 Å². The van der Waals surface area contributed by atoms with Crippen LogP contribution in [0.25, 0.3) is 0 Å². The topological polar surface area (TPSA) is 0 Å². The Hall–Kier alpha value is -0.520. The molecule has 0 radical (unpaired) electrons. The van der Waals surface area contributed by atoms with Crippen molar-refractivity contribution in [3.63, 3.8) is 0 Å². The molecule has 0 aromatic rings. The molecule has 1 fully saturated rings. The van der Waals surface area contributed by atoms with Crippen molar-refractivity contribution < 1.29 is 0 Å². The molecule has 2 aliphatic carbocycles. The molecular formula is C13H20. The minimum atomic E-state index is 0.801. The quantitative estimate of drug-likeness (QED) is 0.488. The van der Waals surface area contributed by atoms with Crippen LogP contribution < -0.4 is 0 Å². The fourth-order valence-electron chi connectivity index (χ4n) is 2.63. The van der Waals surface area contributed by atoms with Gasteiger partial charge in [-0.25, -0.2) is 0 Å². The lowest BCUT2D eigenvalue weighted by molar-refractivity contribution is 0.633. The zero-order valence-corrected chi connectivity index (χ0v) is 8.84. The Kier molecular flexibility index (Phi) is 2.57. The van der Waals surface area contributed by atoms with Crippen molar-refractivity contribution in [3.8, 4) is 0 Å². The third-order valence-electron chi connectivity index (χ3n) is 3.40. The summed E-state index contributed by atoms with van der Waals surface area (Å²) in [4.78, 5) is 0. The van der Waals surface area contributed by atoms with E-state index in [-0.39, 0.29) is 0 Å². The Labute approximate surface area is 81.7 Å². The molecule has 2 atom stereocenters. The summed E-state index contributed by atoms with van der Waals surface area (Å²) in [5, 5.41) is 0. The molecule has 2 rings (SSSR count). The van der Waals surface area contributed by atoms with E-state index < -0.39 is 0 Å². The van der Waals surface area contributed by atoms with E-state index in [2.05, 4.69) is 26.0 Å². The van der Waals surface area contributed by atoms with E-state index in [1.807, 2.05) is 0 Å². The molecule has 0 aromatic heterocycles. The third kappa shape index (κ3) is 2.24. The van der Waals surface area contributed by atoms with Gasteiger partial charge >= 0.3 is 0 Å². The van der Waals surface area contributed by atoms with Crippen LogP contribution in [0.3, 0.4) is 0 Å². The number of hydrogen-bond acceptors (Lipinski definition) is 0. The first-order valence-corrected chi connectivity index (χ1v) is 5.61. The Bertz CT molecular complexity index is 245. The highest BCUT2D eigenvalue weighted by atomic mass is 14.2. The summed E-state index contributed by atoms with van der Waals surface area (Å²) in [6.45, 7) is 4.66. The van der Waals surface area contributed by atoms with Gasteiger partial charge in [0.05, 0.1) is 0 Å². The zero-order valence-electron chi connectivity index (χ0n) is 8.84. The van der Waals surface area contributed by atoms with E-state index in [0.717, 1.165) is 11.8 Å². The van der Waals surface area contributed by atoms with Gasteiger partial charge in [-0.2, -0.15) is 0 Å². The van der Waals surface area contributed by atoms with Gasteiger partial charge in [-0.3, -0.25) is 0 Å². The van der Waals surface area contributed by atoms with Crippen LogP contribution in [0.2, 0.25) is 0 Å². The molecule has 0 heteroatoms. The predicted octanol–water partition coefficient (Wildman–Crippen LogP) is 4.09. The Morgan fingerprint density at radius 2 is 2.00 bits per heavy atom. The lowest BCUT2D eigenvalue weighted by Crippen LogP contribution is -1.92. The lowest BCUT2D eigenvalue weighted by atomic mass is 9.98. The number of hydrogen-bond donors (Lipinski definition) is 0. The van der Waals surface area contributed by atoms with Crippen molar-refractivity contribution in [2.24, 2.45) is 11.8 Å². The van der Waals surface area contributed by atoms with Crippen molar-refractivity contribution in [3.05, 3.63) is 23.3 Å². The second-order valence-corrected chi connectivity index (χ2v) is 4.86. The van der Waals surface area contributed by atoms with Crippen LogP contribution in [0.4, 0.5) is 0 Å². The number of rotatable bonds is 0. The molecule has 0 aliphatic heterocycles. The molecule has 0 N–H and O–H groups in total. The SMILES string of the molecule is C/C1=C\C2CC/C(=C/C(C)CC1)C2. The molecule has 13 heavy (non-hydrogen) atoms. The number of fused-ring (bicyclic) bond motifs is 2. The normalized spacial score (nSPS) is 42.3. The van der Waals surface area contributed by atoms with Crippen LogP contribution in [0.1, 0.15) is 46.0 Å². The summed E-state index contributed by atoms with van der Waals surface area (Å²) < 4.78 is 0. The molecular weight excluding hydrogens is 156 g/mol. The maximum absolute atomic E-state index is 2.53. The Morgan fingerprint density at radius 1 is 1.15 bits per heavy atom. The standard InChI is InChI=1S/C13H20/c1-10-3-4-11(2)8-13-6-5-12(7-10)9-13/h7-8,10,13H,3-6,9H2,1-2H3/b11-8+,12-7-. The van der Waals surface area contributed by atoms with E-state index in [1.165, 1.54) is 32.1 Å². The maximum Gasteiger partial charge on any atom is -0.0191 e. The van der Waals surface area contributed by atoms with E-state index >= 15 is 0 Å². The van der Waals surface area contributed by atoms with Crippen molar-refractivity contribution in [2.45, 2.75) is 46.0 Å². The zero-order chi connectivity index (χ0) is 9.26. The van der Waals surface area contributed by atoms with Crippen LogP contribution >= 0.6 is 0 Å². The minimum Gasteiger partial charge on any atom is -0.0825 e. The van der Waals surface area contributed by atoms with Gasteiger partial charge in [0.15, 0.2) is 0 Å². The summed E-state index contributed by atoms with van der Waals surface area (Å²) in [7, 11) is 0. The summed E-state index contributed by atoms with van der Waals surface area (Å²) in [5.74, 6) is 1.67. The molecule has 0 aromatic carbocycles. The highest BCUT2D eigenvalue weighted by Gasteiger charge is 2.19. The molecule has 2 bridgehead atoms. The largest absolute Gasteiger partial charge is 0.0825 e. The average Bonchev–Trinajstić information content (AvgIpc) is 2.50. The first-order valence-electron chi connectivity index (χ1n) is 5.61. The van der Waals surface area contributed by atoms with Crippen molar-refractivity contribution in [1.29, 1.82) is 0 Å². The molecule has 2 aliphatic rings. The van der Waals surface area contributed by atoms with Crippen LogP contribution in [0.5, 0.6) is 0 Å². The fourth-order valence-corrected chi connectivity index (χ4v) is 2.63. The summed E-state index contributed by atoms with van der Waals surface area (Å²) >= 11 is 0. The van der Waals surface area contributed by atoms with Crippen molar-refractivity contribution in [1.82, 2.24) is 0 Å². The molecule has 0 heterocycles. The first-order chi connectivity index (χ1) is 6.24. The molecule has 1 saturated carbocycles. The van der Waals surface area contributed by atoms with Gasteiger partial charge in [0, 0.05) is 0 Å². The second kappa shape index (κ2) is 3.69. The van der Waals surface area contributed by atoms with E-state index in [4.69, 9.17) is 0 Å². The average molecular weight is 176 g/mol. The molecule has 0 nitrogen and oxygen atoms in total. The lowest BCUT2D eigenvalue weighted by Gasteiger charge is -2.08. The first kappa shape index (κ1) is 9.05. The second-order valence-electron chi connectivity index (χ2n) is 4.86. The highest BCUT2D eigenvalue weighted by Crippen LogP contribution is 2.35.